The number of benzene rings is 1. The number of aromatic nitrogens is 2. The second-order valence-corrected chi connectivity index (χ2v) is 8.01. The molecular weight excluding hydrogens is 326 g/mol. The second kappa shape index (κ2) is 6.45. The van der Waals surface area contributed by atoms with Crippen LogP contribution in [0.5, 0.6) is 0 Å². The van der Waals surface area contributed by atoms with Crippen LogP contribution in [0.2, 0.25) is 0 Å². The van der Waals surface area contributed by atoms with Crippen LogP contribution in [0.15, 0.2) is 30.3 Å². The van der Waals surface area contributed by atoms with Crippen molar-refractivity contribution in [2.75, 3.05) is 22.1 Å². The number of nitrogens with zero attached hydrogens (tertiary/aromatic N) is 3. The van der Waals surface area contributed by atoms with Gasteiger partial charge in [-0.05, 0) is 31.5 Å². The maximum Gasteiger partial charge on any atom is 0.229 e. The van der Waals surface area contributed by atoms with Crippen LogP contribution in [-0.2, 0) is 9.84 Å². The van der Waals surface area contributed by atoms with E-state index in [1.54, 1.807) is 24.3 Å². The van der Waals surface area contributed by atoms with Gasteiger partial charge < -0.3 is 10.6 Å². The summed E-state index contributed by atoms with van der Waals surface area (Å²) in [6.07, 6.45) is 0.582. The average molecular weight is 343 g/mol. The number of sulfone groups is 1. The maximum absolute atomic E-state index is 11.6. The minimum atomic E-state index is -2.94. The molecule has 0 bridgehead atoms. The molecule has 1 aromatic heterocycles. The van der Waals surface area contributed by atoms with Crippen molar-refractivity contribution in [2.24, 2.45) is 0 Å². The van der Waals surface area contributed by atoms with Crippen molar-refractivity contribution in [2.45, 2.75) is 19.4 Å². The van der Waals surface area contributed by atoms with Gasteiger partial charge in [-0.25, -0.2) is 13.4 Å². The molecule has 1 aliphatic heterocycles. The lowest BCUT2D eigenvalue weighted by molar-refractivity contribution is 0.602. The molecule has 2 heterocycles. The standard InChI is InChI=1S/C16H17N5O2S/c1-11-7-15(19-14-5-6-24(22,23)10-14)21-16(18-11)20-13-4-2-3-12(8-13)9-17/h2-4,7-8,14H,5-6,10H2,1H3,(H2,18,19,20,21). The highest BCUT2D eigenvalue weighted by atomic mass is 32.2. The van der Waals surface area contributed by atoms with Crippen LogP contribution >= 0.6 is 0 Å². The normalized spacial score (nSPS) is 18.8. The van der Waals surface area contributed by atoms with Gasteiger partial charge in [-0.15, -0.1) is 0 Å². The Bertz CT molecular complexity index is 905. The van der Waals surface area contributed by atoms with Crippen molar-refractivity contribution < 1.29 is 8.42 Å². The van der Waals surface area contributed by atoms with Crippen molar-refractivity contribution in [3.05, 3.63) is 41.6 Å². The van der Waals surface area contributed by atoms with Gasteiger partial charge in [0.05, 0.1) is 23.1 Å². The lowest BCUT2D eigenvalue weighted by Crippen LogP contribution is -2.21. The maximum atomic E-state index is 11.6. The van der Waals surface area contributed by atoms with Crippen LogP contribution < -0.4 is 10.6 Å². The van der Waals surface area contributed by atoms with Crippen molar-refractivity contribution in [3.63, 3.8) is 0 Å². The van der Waals surface area contributed by atoms with Gasteiger partial charge in [-0.2, -0.15) is 10.2 Å². The average Bonchev–Trinajstić information content (AvgIpc) is 2.85. The number of nitrogens with one attached hydrogen (secondary N) is 2. The molecule has 3 rings (SSSR count). The molecule has 2 N–H and O–H groups in total. The first-order valence-corrected chi connectivity index (χ1v) is 9.35. The summed E-state index contributed by atoms with van der Waals surface area (Å²) in [5, 5.41) is 15.2. The zero-order chi connectivity index (χ0) is 17.2. The molecule has 24 heavy (non-hydrogen) atoms. The molecule has 124 valence electrons. The smallest absolute Gasteiger partial charge is 0.229 e. The van der Waals surface area contributed by atoms with Gasteiger partial charge in [0.25, 0.3) is 0 Å². The van der Waals surface area contributed by atoms with E-state index in [0.717, 1.165) is 5.69 Å². The molecule has 0 saturated carbocycles. The summed E-state index contributed by atoms with van der Waals surface area (Å²) in [6.45, 7) is 1.84. The molecule has 2 aromatic rings. The third kappa shape index (κ3) is 4.00. The Hall–Kier alpha value is -2.66. The van der Waals surface area contributed by atoms with Crippen molar-refractivity contribution in [3.8, 4) is 6.07 Å². The SMILES string of the molecule is Cc1cc(NC2CCS(=O)(=O)C2)nc(Nc2cccc(C#N)c2)n1. The first-order chi connectivity index (χ1) is 11.4. The number of rotatable bonds is 4. The zero-order valence-corrected chi connectivity index (χ0v) is 14.0. The van der Waals surface area contributed by atoms with E-state index in [-0.39, 0.29) is 17.5 Å². The van der Waals surface area contributed by atoms with Gasteiger partial charge in [0.1, 0.15) is 5.82 Å². The Morgan fingerprint density at radius 2 is 2.12 bits per heavy atom. The van der Waals surface area contributed by atoms with Gasteiger partial charge in [0.2, 0.25) is 5.95 Å². The summed E-state index contributed by atoms with van der Waals surface area (Å²) in [7, 11) is -2.94. The highest BCUT2D eigenvalue weighted by molar-refractivity contribution is 7.91. The molecule has 0 amide bonds. The molecule has 0 radical (unpaired) electrons. The fraction of sp³-hybridized carbons (Fsp3) is 0.312. The molecule has 7 nitrogen and oxygen atoms in total. The van der Waals surface area contributed by atoms with E-state index in [1.165, 1.54) is 0 Å². The number of aryl methyl sites for hydroxylation is 1. The van der Waals surface area contributed by atoms with Crippen molar-refractivity contribution >= 4 is 27.3 Å². The van der Waals surface area contributed by atoms with Crippen LogP contribution in [0.1, 0.15) is 17.7 Å². The topological polar surface area (TPSA) is 108 Å². The summed E-state index contributed by atoms with van der Waals surface area (Å²) in [6, 6.07) is 10.8. The Morgan fingerprint density at radius 3 is 2.83 bits per heavy atom. The number of hydrogen-bond donors (Lipinski definition) is 2. The zero-order valence-electron chi connectivity index (χ0n) is 13.2. The Labute approximate surface area is 140 Å². The van der Waals surface area contributed by atoms with Crippen LogP contribution in [0.4, 0.5) is 17.5 Å². The third-order valence-electron chi connectivity index (χ3n) is 3.69. The minimum absolute atomic E-state index is 0.126. The van der Waals surface area contributed by atoms with Crippen LogP contribution in [0, 0.1) is 18.3 Å². The van der Waals surface area contributed by atoms with Crippen molar-refractivity contribution in [1.82, 2.24) is 9.97 Å². The highest BCUT2D eigenvalue weighted by Crippen LogP contribution is 2.20. The van der Waals surface area contributed by atoms with E-state index >= 15 is 0 Å². The van der Waals surface area contributed by atoms with E-state index < -0.39 is 9.84 Å². The van der Waals surface area contributed by atoms with Gasteiger partial charge in [0, 0.05) is 23.5 Å². The minimum Gasteiger partial charge on any atom is -0.366 e. The Morgan fingerprint density at radius 1 is 1.29 bits per heavy atom. The predicted molar refractivity (Wildman–Crippen MR) is 91.9 cm³/mol. The number of hydrogen-bond acceptors (Lipinski definition) is 7. The second-order valence-electron chi connectivity index (χ2n) is 5.78. The first kappa shape index (κ1) is 16.2. The van der Waals surface area contributed by atoms with Crippen molar-refractivity contribution in [1.29, 1.82) is 5.26 Å². The van der Waals surface area contributed by atoms with Crippen LogP contribution in [0.25, 0.3) is 0 Å². The lowest BCUT2D eigenvalue weighted by Gasteiger charge is -2.13. The van der Waals surface area contributed by atoms with E-state index in [9.17, 15) is 8.42 Å². The van der Waals surface area contributed by atoms with Gasteiger partial charge in [-0.3, -0.25) is 0 Å². The Balaban J connectivity index is 1.77. The van der Waals surface area contributed by atoms with E-state index in [4.69, 9.17) is 5.26 Å². The molecule has 1 fully saturated rings. The predicted octanol–water partition coefficient (Wildman–Crippen LogP) is 2.00. The fourth-order valence-electron chi connectivity index (χ4n) is 2.61. The van der Waals surface area contributed by atoms with Crippen LogP contribution in [0.3, 0.4) is 0 Å². The molecule has 1 saturated heterocycles. The number of anilines is 3. The highest BCUT2D eigenvalue weighted by Gasteiger charge is 2.28. The third-order valence-corrected chi connectivity index (χ3v) is 5.45. The van der Waals surface area contributed by atoms with E-state index in [2.05, 4.69) is 26.7 Å². The molecular formula is C16H17N5O2S. The van der Waals surface area contributed by atoms with Gasteiger partial charge in [-0.1, -0.05) is 6.07 Å². The Kier molecular flexibility index (Phi) is 4.36. The summed E-state index contributed by atoms with van der Waals surface area (Å²) in [4.78, 5) is 8.71. The van der Waals surface area contributed by atoms with Gasteiger partial charge >= 0.3 is 0 Å². The molecule has 1 unspecified atom stereocenters. The monoisotopic (exact) mass is 343 g/mol. The molecule has 1 aromatic carbocycles. The molecule has 1 aliphatic rings. The summed E-state index contributed by atoms with van der Waals surface area (Å²) < 4.78 is 23.1. The largest absolute Gasteiger partial charge is 0.366 e. The van der Waals surface area contributed by atoms with E-state index in [0.29, 0.717) is 29.4 Å². The molecule has 8 heteroatoms. The van der Waals surface area contributed by atoms with E-state index in [1.807, 2.05) is 13.0 Å². The fourth-order valence-corrected chi connectivity index (χ4v) is 4.29. The lowest BCUT2D eigenvalue weighted by atomic mass is 10.2. The quantitative estimate of drug-likeness (QED) is 0.874. The summed E-state index contributed by atoms with van der Waals surface area (Å²) in [5.41, 5.74) is 2.02. The molecule has 0 aliphatic carbocycles. The molecule has 1 atom stereocenters. The molecule has 0 spiro atoms. The number of nitriles is 1. The van der Waals surface area contributed by atoms with Gasteiger partial charge in [0.15, 0.2) is 9.84 Å². The summed E-state index contributed by atoms with van der Waals surface area (Å²) >= 11 is 0. The summed E-state index contributed by atoms with van der Waals surface area (Å²) in [5.74, 6) is 1.32. The van der Waals surface area contributed by atoms with Crippen LogP contribution in [-0.4, -0.2) is 35.9 Å². The first-order valence-electron chi connectivity index (χ1n) is 7.53.